The summed E-state index contributed by atoms with van der Waals surface area (Å²) in [6.45, 7) is 7.47. The summed E-state index contributed by atoms with van der Waals surface area (Å²) >= 11 is 1.66. The zero-order valence-corrected chi connectivity index (χ0v) is 30.7. The van der Waals surface area contributed by atoms with Crippen molar-refractivity contribution in [2.45, 2.75) is 73.8 Å². The fourth-order valence-corrected chi connectivity index (χ4v) is 8.00. The van der Waals surface area contributed by atoms with Crippen molar-refractivity contribution in [1.29, 1.82) is 0 Å². The summed E-state index contributed by atoms with van der Waals surface area (Å²) in [6.07, 6.45) is 10.5. The molecule has 0 amide bonds. The highest BCUT2D eigenvalue weighted by molar-refractivity contribution is 7.99. The van der Waals surface area contributed by atoms with E-state index in [4.69, 9.17) is 14.2 Å². The van der Waals surface area contributed by atoms with Crippen LogP contribution in [0, 0.1) is 0 Å². The Kier molecular flexibility index (Phi) is 9.97. The van der Waals surface area contributed by atoms with Crippen molar-refractivity contribution in [3.8, 4) is 28.4 Å². The minimum Gasteiger partial charge on any atom is -0.494 e. The Morgan fingerprint density at radius 2 is 1.43 bits per heavy atom. The van der Waals surface area contributed by atoms with E-state index in [9.17, 15) is 4.79 Å². The smallest absolute Gasteiger partial charge is 0.343 e. The lowest BCUT2D eigenvalue weighted by atomic mass is 9.76. The number of nitrogens with zero attached hydrogens (tertiary/aromatic N) is 1. The predicted molar refractivity (Wildman–Crippen MR) is 208 cm³/mol. The summed E-state index contributed by atoms with van der Waals surface area (Å²) in [7, 11) is 2.11. The molecule has 5 aromatic rings. The number of unbranched alkanes of at least 4 members (excludes halogenated alkanes) is 4. The molecule has 0 fully saturated rings. The lowest BCUT2D eigenvalue weighted by Gasteiger charge is -2.45. The SMILES string of the molecule is CCCCCCCOc1ccc(-c2ccc(C(=O)Oc3ccc(Sc4ccc5c(c4)C=C[C@]4(O5)N(C)c5ccccc5C4(C)C)cc3)cc2)cc1. The van der Waals surface area contributed by atoms with Gasteiger partial charge in [0.25, 0.3) is 0 Å². The number of ether oxygens (including phenoxy) is 3. The van der Waals surface area contributed by atoms with Gasteiger partial charge in [0.05, 0.1) is 17.6 Å². The van der Waals surface area contributed by atoms with Gasteiger partial charge in [0, 0.05) is 28.1 Å². The molecule has 1 spiro atoms. The van der Waals surface area contributed by atoms with Crippen LogP contribution in [0.15, 0.2) is 131 Å². The molecule has 0 aromatic heterocycles. The predicted octanol–water partition coefficient (Wildman–Crippen LogP) is 11.6. The summed E-state index contributed by atoms with van der Waals surface area (Å²) in [5, 5.41) is 0. The summed E-state index contributed by atoms with van der Waals surface area (Å²) in [4.78, 5) is 17.4. The topological polar surface area (TPSA) is 48.0 Å². The third-order valence-corrected chi connectivity index (χ3v) is 11.2. The van der Waals surface area contributed by atoms with E-state index in [0.717, 1.165) is 51.0 Å². The maximum absolute atomic E-state index is 13.0. The number of anilines is 1. The first-order chi connectivity index (χ1) is 24.8. The van der Waals surface area contributed by atoms with Crippen LogP contribution in [0.1, 0.15) is 74.4 Å². The molecule has 2 heterocycles. The first-order valence-corrected chi connectivity index (χ1v) is 18.8. The second-order valence-corrected chi connectivity index (χ2v) is 15.0. The largest absolute Gasteiger partial charge is 0.494 e. The van der Waals surface area contributed by atoms with Crippen molar-refractivity contribution >= 4 is 29.5 Å². The summed E-state index contributed by atoms with van der Waals surface area (Å²) in [6, 6.07) is 38.1. The summed E-state index contributed by atoms with van der Waals surface area (Å²) in [5.41, 5.74) is 5.31. The highest BCUT2D eigenvalue weighted by atomic mass is 32.2. The lowest BCUT2D eigenvalue weighted by molar-refractivity contribution is 0.0581. The average Bonchev–Trinajstić information content (AvgIpc) is 3.31. The van der Waals surface area contributed by atoms with Gasteiger partial charge in [0.2, 0.25) is 5.72 Å². The number of fused-ring (bicyclic) bond motifs is 2. The molecule has 0 saturated heterocycles. The Morgan fingerprint density at radius 1 is 0.765 bits per heavy atom. The minimum atomic E-state index is -0.595. The van der Waals surface area contributed by atoms with Crippen molar-refractivity contribution < 1.29 is 19.0 Å². The molecule has 260 valence electrons. The van der Waals surface area contributed by atoms with Crippen LogP contribution in [0.4, 0.5) is 5.69 Å². The molecule has 51 heavy (non-hydrogen) atoms. The number of likely N-dealkylation sites (N-methyl/N-ethyl adjacent to an activating group) is 1. The minimum absolute atomic E-state index is 0.232. The zero-order valence-electron chi connectivity index (χ0n) is 29.9. The molecule has 2 aliphatic heterocycles. The van der Waals surface area contributed by atoms with E-state index in [1.165, 1.54) is 36.9 Å². The molecule has 2 aliphatic rings. The number of hydrogen-bond donors (Lipinski definition) is 0. The van der Waals surface area contributed by atoms with E-state index in [-0.39, 0.29) is 11.4 Å². The maximum Gasteiger partial charge on any atom is 0.343 e. The third kappa shape index (κ3) is 7.02. The van der Waals surface area contributed by atoms with E-state index in [1.807, 2.05) is 60.7 Å². The van der Waals surface area contributed by atoms with E-state index in [2.05, 4.69) is 99.5 Å². The Hall–Kier alpha value is -4.94. The molecule has 0 radical (unpaired) electrons. The van der Waals surface area contributed by atoms with Gasteiger partial charge in [-0.15, -0.1) is 0 Å². The number of esters is 1. The zero-order chi connectivity index (χ0) is 35.4. The first-order valence-electron chi connectivity index (χ1n) is 18.0. The van der Waals surface area contributed by atoms with Crippen molar-refractivity contribution in [3.63, 3.8) is 0 Å². The standard InChI is InChI=1S/C45H45NO4S/c1-5-6-7-8-11-30-48-36-20-18-33(19-21-36)32-14-16-34(17-15-32)43(47)49-37-22-24-38(25-23-37)51-39-26-27-42-35(31-39)28-29-45(50-42)44(2,3)40-12-9-10-13-41(40)46(45)4/h9-10,12-29,31H,5-8,11,30H2,1-4H3/t45-/m1/s1. The first kappa shape index (κ1) is 34.5. The van der Waals surface area contributed by atoms with Gasteiger partial charge >= 0.3 is 5.97 Å². The molecule has 5 aromatic carbocycles. The molecule has 6 heteroatoms. The second-order valence-electron chi connectivity index (χ2n) is 13.9. The maximum atomic E-state index is 13.0. The molecular formula is C45H45NO4S. The Morgan fingerprint density at radius 3 is 2.16 bits per heavy atom. The number of hydrogen-bond acceptors (Lipinski definition) is 6. The molecule has 0 aliphatic carbocycles. The summed E-state index contributed by atoms with van der Waals surface area (Å²) in [5.74, 6) is 1.87. The quantitative estimate of drug-likeness (QED) is 0.0736. The second kappa shape index (κ2) is 14.7. The average molecular weight is 696 g/mol. The molecule has 0 saturated carbocycles. The molecular weight excluding hydrogens is 651 g/mol. The van der Waals surface area contributed by atoms with E-state index < -0.39 is 5.72 Å². The van der Waals surface area contributed by atoms with Crippen molar-refractivity contribution in [2.75, 3.05) is 18.6 Å². The molecule has 5 nitrogen and oxygen atoms in total. The molecule has 0 unspecified atom stereocenters. The van der Waals surface area contributed by atoms with E-state index >= 15 is 0 Å². The highest BCUT2D eigenvalue weighted by Crippen LogP contribution is 2.54. The van der Waals surface area contributed by atoms with Gasteiger partial charge in [-0.05, 0) is 122 Å². The van der Waals surface area contributed by atoms with Gasteiger partial charge in [0.15, 0.2) is 0 Å². The fourth-order valence-electron chi connectivity index (χ4n) is 7.14. The molecule has 0 N–H and O–H groups in total. The van der Waals surface area contributed by atoms with Crippen molar-refractivity contribution in [3.05, 3.63) is 138 Å². The number of para-hydroxylation sites is 1. The number of rotatable bonds is 12. The molecule has 7 rings (SSSR count). The number of carbonyl (C=O) groups is 1. The van der Waals surface area contributed by atoms with E-state index in [1.54, 1.807) is 11.8 Å². The normalized spacial score (nSPS) is 16.7. The monoisotopic (exact) mass is 695 g/mol. The van der Waals surface area contributed by atoms with Crippen molar-refractivity contribution in [2.24, 2.45) is 0 Å². The highest BCUT2D eigenvalue weighted by Gasteiger charge is 2.57. The Balaban J connectivity index is 0.930. The van der Waals surface area contributed by atoms with Gasteiger partial charge < -0.3 is 19.1 Å². The van der Waals surface area contributed by atoms with Crippen LogP contribution < -0.4 is 19.1 Å². The van der Waals surface area contributed by atoms with Crippen LogP contribution >= 0.6 is 11.8 Å². The van der Waals surface area contributed by atoms with Crippen molar-refractivity contribution in [1.82, 2.24) is 0 Å². The van der Waals surface area contributed by atoms with Gasteiger partial charge in [-0.3, -0.25) is 0 Å². The van der Waals surface area contributed by atoms with Gasteiger partial charge in [0.1, 0.15) is 17.2 Å². The Bertz CT molecular complexity index is 2020. The number of carbonyl (C=O) groups excluding carboxylic acids is 1. The van der Waals surface area contributed by atoms with Crippen LogP contribution in [0.5, 0.6) is 17.2 Å². The van der Waals surface area contributed by atoms with Crippen LogP contribution in [-0.4, -0.2) is 25.3 Å². The lowest BCUT2D eigenvalue weighted by Crippen LogP contribution is -2.58. The van der Waals surface area contributed by atoms with Crippen LogP contribution in [-0.2, 0) is 5.41 Å². The van der Waals surface area contributed by atoms with Gasteiger partial charge in [-0.25, -0.2) is 4.79 Å². The van der Waals surface area contributed by atoms with Crippen LogP contribution in [0.3, 0.4) is 0 Å². The van der Waals surface area contributed by atoms with E-state index in [0.29, 0.717) is 11.3 Å². The van der Waals surface area contributed by atoms with Gasteiger partial charge in [-0.2, -0.15) is 0 Å². The van der Waals surface area contributed by atoms with Gasteiger partial charge in [-0.1, -0.05) is 86.8 Å². The number of benzene rings is 5. The van der Waals surface area contributed by atoms with Crippen LogP contribution in [0.25, 0.3) is 17.2 Å². The molecule has 0 bridgehead atoms. The Labute approximate surface area is 306 Å². The fraction of sp³-hybridized carbons (Fsp3) is 0.267. The van der Waals surface area contributed by atoms with Crippen LogP contribution in [0.2, 0.25) is 0 Å². The molecule has 1 atom stereocenters. The third-order valence-electron chi connectivity index (χ3n) is 10.2. The summed E-state index contributed by atoms with van der Waals surface area (Å²) < 4.78 is 18.4.